The van der Waals surface area contributed by atoms with Gasteiger partial charge in [0.1, 0.15) is 11.9 Å². The summed E-state index contributed by atoms with van der Waals surface area (Å²) in [5.41, 5.74) is 2.74. The van der Waals surface area contributed by atoms with Gasteiger partial charge in [-0.25, -0.2) is 4.39 Å². The predicted molar refractivity (Wildman–Crippen MR) is 113 cm³/mol. The highest BCUT2D eigenvalue weighted by Gasteiger charge is 2.32. The third-order valence-electron chi connectivity index (χ3n) is 5.12. The van der Waals surface area contributed by atoms with E-state index in [-0.39, 0.29) is 22.9 Å². The van der Waals surface area contributed by atoms with Crippen LogP contribution in [0.2, 0.25) is 0 Å². The van der Waals surface area contributed by atoms with Crippen molar-refractivity contribution in [2.75, 3.05) is 12.3 Å². The summed E-state index contributed by atoms with van der Waals surface area (Å²) in [5.74, 6) is -0.238. The van der Waals surface area contributed by atoms with Crippen LogP contribution < -0.4 is 10.6 Å². The number of thioether (sulfide) groups is 1. The third-order valence-corrected chi connectivity index (χ3v) is 6.43. The van der Waals surface area contributed by atoms with Crippen LogP contribution in [0.1, 0.15) is 11.1 Å². The van der Waals surface area contributed by atoms with Gasteiger partial charge in [0.25, 0.3) is 0 Å². The van der Waals surface area contributed by atoms with Gasteiger partial charge < -0.3 is 15.6 Å². The average molecular weight is 412 g/mol. The number of fused-ring (bicyclic) bond motifs is 1. The molecule has 150 valence electrons. The molecule has 0 spiro atoms. The fourth-order valence-electron chi connectivity index (χ4n) is 3.53. The molecule has 0 radical (unpaired) electrons. The highest BCUT2D eigenvalue weighted by Crippen LogP contribution is 2.23. The second kappa shape index (κ2) is 8.69. The van der Waals surface area contributed by atoms with Crippen LogP contribution in [-0.4, -0.2) is 40.4 Å². The molecule has 1 fully saturated rings. The second-order valence-corrected chi connectivity index (χ2v) is 8.31. The quantitative estimate of drug-likeness (QED) is 0.584. The van der Waals surface area contributed by atoms with E-state index in [1.165, 1.54) is 17.8 Å². The highest BCUT2D eigenvalue weighted by atomic mass is 32.2. The molecule has 29 heavy (non-hydrogen) atoms. The van der Waals surface area contributed by atoms with E-state index in [1.54, 1.807) is 18.2 Å². The van der Waals surface area contributed by atoms with Gasteiger partial charge in [-0.2, -0.15) is 0 Å². The molecule has 4 rings (SSSR count). The molecule has 0 bridgehead atoms. The molecule has 1 aromatic heterocycles. The number of benzene rings is 2. The molecule has 7 heteroatoms. The molecule has 2 aromatic carbocycles. The van der Waals surface area contributed by atoms with E-state index in [4.69, 9.17) is 0 Å². The highest BCUT2D eigenvalue weighted by molar-refractivity contribution is 8.00. The van der Waals surface area contributed by atoms with E-state index in [2.05, 4.69) is 21.7 Å². The van der Waals surface area contributed by atoms with E-state index in [0.717, 1.165) is 16.5 Å². The van der Waals surface area contributed by atoms with Crippen LogP contribution in [0, 0.1) is 5.82 Å². The SMILES string of the molecule is O=C(NCCc1c[nH]c2ccccc12)C1CSC(Cc2ccccc2F)C(=O)N1. The number of hydrogen-bond acceptors (Lipinski definition) is 3. The first-order valence-electron chi connectivity index (χ1n) is 9.60. The normalized spacial score (nSPS) is 19.1. The van der Waals surface area contributed by atoms with Crippen molar-refractivity contribution in [3.05, 3.63) is 71.7 Å². The van der Waals surface area contributed by atoms with Crippen LogP contribution >= 0.6 is 11.8 Å². The summed E-state index contributed by atoms with van der Waals surface area (Å²) < 4.78 is 13.8. The number of para-hydroxylation sites is 1. The molecule has 0 saturated carbocycles. The van der Waals surface area contributed by atoms with Crippen LogP contribution in [0.15, 0.2) is 54.7 Å². The van der Waals surface area contributed by atoms with E-state index in [1.807, 2.05) is 24.4 Å². The van der Waals surface area contributed by atoms with Crippen molar-refractivity contribution in [3.8, 4) is 0 Å². The van der Waals surface area contributed by atoms with Crippen LogP contribution in [0.5, 0.6) is 0 Å². The molecule has 5 nitrogen and oxygen atoms in total. The predicted octanol–water partition coefficient (Wildman–Crippen LogP) is 2.81. The lowest BCUT2D eigenvalue weighted by Gasteiger charge is -2.28. The number of aromatic amines is 1. The Balaban J connectivity index is 1.27. The first-order valence-corrected chi connectivity index (χ1v) is 10.6. The standard InChI is InChI=1S/C22H22FN3O2S/c23-17-7-3-1-5-14(17)11-20-22(28)26-19(13-29-20)21(27)24-10-9-15-12-25-18-8-4-2-6-16(15)18/h1-8,12,19-20,25H,9-11,13H2,(H,24,27)(H,26,28). The van der Waals surface area contributed by atoms with Gasteiger partial charge in [0.2, 0.25) is 11.8 Å². The van der Waals surface area contributed by atoms with Crippen molar-refractivity contribution in [2.24, 2.45) is 0 Å². The Bertz CT molecular complexity index is 1040. The van der Waals surface area contributed by atoms with Crippen LogP contribution in [0.25, 0.3) is 10.9 Å². The number of carbonyl (C=O) groups excluding carboxylic acids is 2. The second-order valence-electron chi connectivity index (χ2n) is 7.08. The maximum atomic E-state index is 13.8. The van der Waals surface area contributed by atoms with Crippen molar-refractivity contribution < 1.29 is 14.0 Å². The first-order chi connectivity index (χ1) is 14.1. The summed E-state index contributed by atoms with van der Waals surface area (Å²) in [4.78, 5) is 28.1. The van der Waals surface area contributed by atoms with Gasteiger partial charge in [0, 0.05) is 29.4 Å². The lowest BCUT2D eigenvalue weighted by molar-refractivity contribution is -0.128. The van der Waals surface area contributed by atoms with Gasteiger partial charge in [0.15, 0.2) is 0 Å². The Morgan fingerprint density at radius 3 is 2.76 bits per heavy atom. The Kier molecular flexibility index (Phi) is 5.85. The zero-order valence-electron chi connectivity index (χ0n) is 15.8. The molecule has 0 aliphatic carbocycles. The minimum atomic E-state index is -0.563. The fourth-order valence-corrected chi connectivity index (χ4v) is 4.71. The molecule has 2 unspecified atom stereocenters. The van der Waals surface area contributed by atoms with E-state index in [9.17, 15) is 14.0 Å². The summed E-state index contributed by atoms with van der Waals surface area (Å²) >= 11 is 1.40. The summed E-state index contributed by atoms with van der Waals surface area (Å²) in [6, 6.07) is 13.9. The number of H-pyrrole nitrogens is 1. The van der Waals surface area contributed by atoms with Crippen LogP contribution in [-0.2, 0) is 22.4 Å². The Labute approximate surface area is 172 Å². The van der Waals surface area contributed by atoms with E-state index in [0.29, 0.717) is 30.7 Å². The monoisotopic (exact) mass is 411 g/mol. The topological polar surface area (TPSA) is 74.0 Å². The van der Waals surface area contributed by atoms with Crippen molar-refractivity contribution >= 4 is 34.5 Å². The smallest absolute Gasteiger partial charge is 0.243 e. The maximum absolute atomic E-state index is 13.8. The van der Waals surface area contributed by atoms with Gasteiger partial charge >= 0.3 is 0 Å². The van der Waals surface area contributed by atoms with E-state index >= 15 is 0 Å². The van der Waals surface area contributed by atoms with Gasteiger partial charge in [-0.05, 0) is 36.1 Å². The van der Waals surface area contributed by atoms with Gasteiger partial charge in [-0.1, -0.05) is 36.4 Å². The zero-order chi connectivity index (χ0) is 20.2. The summed E-state index contributed by atoms with van der Waals surface area (Å²) in [6.45, 7) is 0.496. The number of amides is 2. The molecular weight excluding hydrogens is 389 g/mol. The van der Waals surface area contributed by atoms with Crippen molar-refractivity contribution in [3.63, 3.8) is 0 Å². The first kappa shape index (κ1) is 19.5. The van der Waals surface area contributed by atoms with Gasteiger partial charge in [0.05, 0.1) is 5.25 Å². The van der Waals surface area contributed by atoms with Crippen molar-refractivity contribution in [2.45, 2.75) is 24.1 Å². The number of carbonyl (C=O) groups is 2. The largest absolute Gasteiger partial charge is 0.361 e. The lowest BCUT2D eigenvalue weighted by atomic mass is 10.1. The summed E-state index contributed by atoms with van der Waals surface area (Å²) in [5, 5.41) is 6.45. The number of aromatic nitrogens is 1. The number of nitrogens with one attached hydrogen (secondary N) is 3. The Morgan fingerprint density at radius 2 is 1.93 bits per heavy atom. The van der Waals surface area contributed by atoms with Crippen LogP contribution in [0.4, 0.5) is 4.39 Å². The molecular formula is C22H22FN3O2S. The average Bonchev–Trinajstić information content (AvgIpc) is 3.14. The van der Waals surface area contributed by atoms with Crippen molar-refractivity contribution in [1.82, 2.24) is 15.6 Å². The zero-order valence-corrected chi connectivity index (χ0v) is 16.6. The van der Waals surface area contributed by atoms with Crippen LogP contribution in [0.3, 0.4) is 0 Å². The molecule has 1 aliphatic rings. The third kappa shape index (κ3) is 4.45. The molecule has 2 atom stereocenters. The Morgan fingerprint density at radius 1 is 1.14 bits per heavy atom. The number of hydrogen-bond donors (Lipinski definition) is 3. The molecule has 3 N–H and O–H groups in total. The summed E-state index contributed by atoms with van der Waals surface area (Å²) in [7, 11) is 0. The molecule has 2 heterocycles. The Hall–Kier alpha value is -2.80. The van der Waals surface area contributed by atoms with E-state index < -0.39 is 6.04 Å². The minimum absolute atomic E-state index is 0.185. The molecule has 1 aliphatic heterocycles. The van der Waals surface area contributed by atoms with Gasteiger partial charge in [-0.15, -0.1) is 11.8 Å². The molecule has 2 amide bonds. The lowest BCUT2D eigenvalue weighted by Crippen LogP contribution is -2.54. The molecule has 1 saturated heterocycles. The van der Waals surface area contributed by atoms with Gasteiger partial charge in [-0.3, -0.25) is 9.59 Å². The maximum Gasteiger partial charge on any atom is 0.243 e. The number of rotatable bonds is 6. The van der Waals surface area contributed by atoms with Crippen molar-refractivity contribution in [1.29, 1.82) is 0 Å². The molecule has 3 aromatic rings. The summed E-state index contributed by atoms with van der Waals surface area (Å²) in [6.07, 6.45) is 2.99. The number of halogens is 1. The fraction of sp³-hybridized carbons (Fsp3) is 0.273. The minimum Gasteiger partial charge on any atom is -0.361 e.